The van der Waals surface area contributed by atoms with Gasteiger partial charge in [0.2, 0.25) is 16.9 Å². The summed E-state index contributed by atoms with van der Waals surface area (Å²) in [6, 6.07) is 0. The van der Waals surface area contributed by atoms with Crippen LogP contribution in [0.25, 0.3) is 11.2 Å². The minimum atomic E-state index is -5.57. The molecule has 0 bridgehead atoms. The number of aliphatic hydroxyl groups is 2. The number of hydrogen-bond acceptors (Lipinski definition) is 18. The van der Waals surface area contributed by atoms with Gasteiger partial charge in [0.1, 0.15) is 36.3 Å². The number of nitrogens with zero attached hydrogens (tertiary/aromatic N) is 4. The first kappa shape index (κ1) is 46.7. The molecule has 1 aliphatic rings. The van der Waals surface area contributed by atoms with E-state index in [4.69, 9.17) is 19.5 Å². The Morgan fingerprint density at radius 1 is 1.09 bits per heavy atom. The molecule has 3 unspecified atom stereocenters. The average molecular weight is 864 g/mol. The third-order valence-electron chi connectivity index (χ3n) is 7.46. The van der Waals surface area contributed by atoms with Crippen LogP contribution in [0.15, 0.2) is 24.8 Å². The molecule has 24 nitrogen and oxygen atoms in total. The molecule has 1 aliphatic heterocycles. The Morgan fingerprint density at radius 3 is 2.45 bits per heavy atom. The Balaban J connectivity index is 1.49. The predicted molar refractivity (Wildman–Crippen MR) is 191 cm³/mol. The molecule has 2 aromatic rings. The number of nitrogens with two attached hydrogens (primary N) is 1. The molecule has 1 saturated heterocycles. The minimum absolute atomic E-state index is 0.0305. The zero-order valence-corrected chi connectivity index (χ0v) is 33.1. The normalized spacial score (nSPS) is 22.0. The maximum absolute atomic E-state index is 12.7. The standard InChI is InChI=1S/C27H44N7O17P3S/c1-4-5-6-7-18(36)55-11-10-29-17(35)8-9-30-25(39)22(38)27(2,3)13-48-54(45,46)51-53(43,44)47-12-16-21(50-52(40,41)42)20(37)26(49-16)34-15-33-19-23(28)31-14-32-24(19)34/h6-7,14-16,20-22,26,37-38H,4-5,8-13H2,1-3H3,(H,29,35)(H,30,39)(H,43,44)(H,45,46)(H2,28,31,32)(H2,40,41,42)/t16-,20-,21-,22?,26-/m1/s1. The van der Waals surface area contributed by atoms with Gasteiger partial charge in [0.15, 0.2) is 17.7 Å². The Kier molecular flexibility index (Phi) is 17.1. The van der Waals surface area contributed by atoms with Crippen LogP contribution in [0, 0.1) is 5.41 Å². The maximum atomic E-state index is 12.7. The van der Waals surface area contributed by atoms with E-state index in [1.54, 1.807) is 6.08 Å². The van der Waals surface area contributed by atoms with Crippen molar-refractivity contribution in [1.82, 2.24) is 30.2 Å². The van der Waals surface area contributed by atoms with Crippen LogP contribution in [0.3, 0.4) is 0 Å². The van der Waals surface area contributed by atoms with Crippen molar-refractivity contribution in [1.29, 1.82) is 0 Å². The topological polar surface area (TPSA) is 364 Å². The van der Waals surface area contributed by atoms with E-state index in [1.165, 1.54) is 19.9 Å². The summed E-state index contributed by atoms with van der Waals surface area (Å²) in [5.74, 6) is -1.12. The molecular formula is C27H44N7O17P3S. The first-order chi connectivity index (χ1) is 25.6. The van der Waals surface area contributed by atoms with E-state index in [-0.39, 0.29) is 41.6 Å². The fraction of sp³-hybridized carbons (Fsp3) is 0.630. The first-order valence-electron chi connectivity index (χ1n) is 16.3. The van der Waals surface area contributed by atoms with Crippen LogP contribution in [0.5, 0.6) is 0 Å². The molecule has 0 aliphatic carbocycles. The van der Waals surface area contributed by atoms with Crippen LogP contribution in [0.2, 0.25) is 0 Å². The molecule has 2 aromatic heterocycles. The van der Waals surface area contributed by atoms with Gasteiger partial charge >= 0.3 is 23.5 Å². The molecule has 3 heterocycles. The van der Waals surface area contributed by atoms with Crippen molar-refractivity contribution in [3.8, 4) is 0 Å². The zero-order valence-electron chi connectivity index (χ0n) is 29.6. The van der Waals surface area contributed by atoms with E-state index in [2.05, 4.69) is 34.4 Å². The summed E-state index contributed by atoms with van der Waals surface area (Å²) in [4.78, 5) is 87.2. The lowest BCUT2D eigenvalue weighted by molar-refractivity contribution is -0.137. The number of carbonyl (C=O) groups is 3. The molecule has 1 fully saturated rings. The highest BCUT2D eigenvalue weighted by Gasteiger charge is 2.50. The van der Waals surface area contributed by atoms with Crippen LogP contribution in [0.4, 0.5) is 5.82 Å². The highest BCUT2D eigenvalue weighted by Crippen LogP contribution is 2.61. The smallest absolute Gasteiger partial charge is 0.386 e. The zero-order chi connectivity index (χ0) is 41.2. The van der Waals surface area contributed by atoms with Crippen molar-refractivity contribution in [3.63, 3.8) is 0 Å². The lowest BCUT2D eigenvalue weighted by Crippen LogP contribution is -2.46. The number of nitrogen functional groups attached to an aromatic ring is 1. The number of fused-ring (bicyclic) bond motifs is 1. The number of anilines is 1. The van der Waals surface area contributed by atoms with E-state index in [9.17, 15) is 57.9 Å². The van der Waals surface area contributed by atoms with E-state index in [0.29, 0.717) is 5.75 Å². The van der Waals surface area contributed by atoms with Gasteiger partial charge in [-0.3, -0.25) is 32.5 Å². The number of nitrogens with one attached hydrogen (secondary N) is 2. The predicted octanol–water partition coefficient (Wildman–Crippen LogP) is 0.0210. The van der Waals surface area contributed by atoms with E-state index in [0.717, 1.165) is 41.8 Å². The SMILES string of the molecule is CCCC=CC(=O)SCCNC(=O)CCNC(=O)C(O)C(C)(C)COP(=O)(O)OP(=O)(O)OC[C@H]1O[C@@H](n2cnc3c(N)ncnc32)[C@H](O)[C@@H]1OP(=O)(O)O. The third kappa shape index (κ3) is 14.6. The third-order valence-corrected chi connectivity index (χ3v) is 11.4. The van der Waals surface area contributed by atoms with Gasteiger partial charge in [0.05, 0.1) is 19.5 Å². The largest absolute Gasteiger partial charge is 0.481 e. The molecule has 310 valence electrons. The summed E-state index contributed by atoms with van der Waals surface area (Å²) in [5.41, 5.74) is 4.26. The van der Waals surface area contributed by atoms with Gasteiger partial charge < -0.3 is 50.9 Å². The van der Waals surface area contributed by atoms with Gasteiger partial charge in [-0.25, -0.2) is 28.6 Å². The molecule has 0 aromatic carbocycles. The quantitative estimate of drug-likeness (QED) is 0.0428. The van der Waals surface area contributed by atoms with E-state index >= 15 is 0 Å². The number of carbonyl (C=O) groups excluding carboxylic acids is 3. The number of aliphatic hydroxyl groups excluding tert-OH is 2. The summed E-state index contributed by atoms with van der Waals surface area (Å²) in [5, 5.41) is 26.2. The maximum Gasteiger partial charge on any atom is 0.481 e. The van der Waals surface area contributed by atoms with E-state index in [1.807, 2.05) is 6.92 Å². The molecule has 2 amide bonds. The average Bonchev–Trinajstić information content (AvgIpc) is 3.64. The number of imidazole rings is 1. The fourth-order valence-corrected chi connectivity index (χ4v) is 8.10. The van der Waals surface area contributed by atoms with E-state index < -0.39 is 84.6 Å². The van der Waals surface area contributed by atoms with Gasteiger partial charge in [-0.15, -0.1) is 0 Å². The van der Waals surface area contributed by atoms with Gasteiger partial charge in [0.25, 0.3) is 0 Å². The highest BCUT2D eigenvalue weighted by molar-refractivity contribution is 8.14. The lowest BCUT2D eigenvalue weighted by atomic mass is 9.87. The first-order valence-corrected chi connectivity index (χ1v) is 21.8. The number of rotatable bonds is 22. The highest BCUT2D eigenvalue weighted by atomic mass is 32.2. The van der Waals surface area contributed by atoms with Crippen molar-refractivity contribution in [2.24, 2.45) is 5.41 Å². The molecule has 0 radical (unpaired) electrons. The number of ether oxygens (including phenoxy) is 1. The Hall–Kier alpha value is -2.70. The molecule has 28 heteroatoms. The van der Waals surface area contributed by atoms with Crippen molar-refractivity contribution < 1.29 is 80.5 Å². The minimum Gasteiger partial charge on any atom is -0.386 e. The van der Waals surface area contributed by atoms with Crippen molar-refractivity contribution >= 4 is 69.1 Å². The number of amides is 2. The fourth-order valence-electron chi connectivity index (χ4n) is 4.68. The van der Waals surface area contributed by atoms with Crippen molar-refractivity contribution in [2.45, 2.75) is 70.7 Å². The number of aromatic nitrogens is 4. The van der Waals surface area contributed by atoms with Crippen LogP contribution >= 0.6 is 35.2 Å². The van der Waals surface area contributed by atoms with Gasteiger partial charge in [-0.05, 0) is 12.5 Å². The summed E-state index contributed by atoms with van der Waals surface area (Å²) < 4.78 is 62.0. The molecular weight excluding hydrogens is 819 g/mol. The molecule has 10 N–H and O–H groups in total. The molecule has 3 rings (SSSR count). The summed E-state index contributed by atoms with van der Waals surface area (Å²) >= 11 is 1.03. The molecule has 0 saturated carbocycles. The second kappa shape index (κ2) is 20.1. The monoisotopic (exact) mass is 863 g/mol. The number of unbranched alkanes of at least 4 members (excludes halogenated alkanes) is 1. The number of thioether (sulfide) groups is 1. The van der Waals surface area contributed by atoms with Gasteiger partial charge in [-0.1, -0.05) is 45.0 Å². The molecule has 55 heavy (non-hydrogen) atoms. The van der Waals surface area contributed by atoms with Crippen LogP contribution in [-0.4, -0.2) is 123 Å². The Bertz CT molecular complexity index is 1830. The molecule has 0 spiro atoms. The number of hydrogen-bond donors (Lipinski definition) is 9. The number of phosphoric acid groups is 3. The van der Waals surface area contributed by atoms with Gasteiger partial charge in [-0.2, -0.15) is 4.31 Å². The summed E-state index contributed by atoms with van der Waals surface area (Å²) in [6.07, 6.45) is -1.97. The second-order valence-corrected chi connectivity index (χ2v) is 17.8. The number of phosphoric ester groups is 3. The number of allylic oxidation sites excluding steroid dienone is 1. The van der Waals surface area contributed by atoms with Crippen LogP contribution in [-0.2, 0) is 50.7 Å². The Labute approximate surface area is 318 Å². The van der Waals surface area contributed by atoms with Crippen molar-refractivity contribution in [2.75, 3.05) is 37.8 Å². The summed E-state index contributed by atoms with van der Waals surface area (Å²) in [7, 11) is -16.4. The summed E-state index contributed by atoms with van der Waals surface area (Å²) in [6.45, 7) is 2.47. The second-order valence-electron chi connectivity index (χ2n) is 12.4. The lowest BCUT2D eigenvalue weighted by Gasteiger charge is -2.30. The van der Waals surface area contributed by atoms with Crippen LogP contribution < -0.4 is 16.4 Å². The van der Waals surface area contributed by atoms with Crippen molar-refractivity contribution in [3.05, 3.63) is 24.8 Å². The molecule has 7 atom stereocenters. The van der Waals surface area contributed by atoms with Gasteiger partial charge in [0, 0.05) is 30.7 Å². The van der Waals surface area contributed by atoms with Crippen LogP contribution in [0.1, 0.15) is 46.3 Å². The Morgan fingerprint density at radius 2 is 1.78 bits per heavy atom.